The Hall–Kier alpha value is -1.05. The fourth-order valence-electron chi connectivity index (χ4n) is 1.63. The van der Waals surface area contributed by atoms with Crippen LogP contribution >= 0.6 is 0 Å². The van der Waals surface area contributed by atoms with E-state index >= 15 is 0 Å². The summed E-state index contributed by atoms with van der Waals surface area (Å²) in [5, 5.41) is 0. The van der Waals surface area contributed by atoms with Crippen molar-refractivity contribution >= 4 is 5.97 Å². The molecule has 0 aliphatic heterocycles. The summed E-state index contributed by atoms with van der Waals surface area (Å²) in [6.45, 7) is 2.03. The van der Waals surface area contributed by atoms with E-state index in [0.717, 1.165) is 12.8 Å². The molecular formula is C15H26O2. The maximum Gasteiger partial charge on any atom is 0.305 e. The van der Waals surface area contributed by atoms with Crippen LogP contribution in [0.1, 0.15) is 58.3 Å². The average Bonchev–Trinajstić information content (AvgIpc) is 2.35. The van der Waals surface area contributed by atoms with E-state index in [-0.39, 0.29) is 5.97 Å². The predicted molar refractivity (Wildman–Crippen MR) is 72.9 cm³/mol. The zero-order valence-electron chi connectivity index (χ0n) is 11.3. The van der Waals surface area contributed by atoms with Crippen molar-refractivity contribution in [3.8, 4) is 0 Å². The maximum atomic E-state index is 10.8. The number of allylic oxidation sites excluding steroid dienone is 4. The Bertz CT molecular complexity index is 229. The summed E-state index contributed by atoms with van der Waals surface area (Å²) in [7, 11) is 1.45. The molecule has 17 heavy (non-hydrogen) atoms. The van der Waals surface area contributed by atoms with Crippen LogP contribution in [0.2, 0.25) is 0 Å². The average molecular weight is 238 g/mol. The largest absolute Gasteiger partial charge is 0.469 e. The van der Waals surface area contributed by atoms with Gasteiger partial charge in [0.15, 0.2) is 0 Å². The molecule has 98 valence electrons. The van der Waals surface area contributed by atoms with Crippen molar-refractivity contribution in [3.63, 3.8) is 0 Å². The SMILES string of the molecule is CC=CC=CCCCCCCCCC(=O)OC. The van der Waals surface area contributed by atoms with Gasteiger partial charge in [0.1, 0.15) is 0 Å². The number of ether oxygens (including phenoxy) is 1. The second-order valence-corrected chi connectivity index (χ2v) is 4.19. The topological polar surface area (TPSA) is 26.3 Å². The Morgan fingerprint density at radius 1 is 1.00 bits per heavy atom. The van der Waals surface area contributed by atoms with Gasteiger partial charge in [-0.05, 0) is 26.2 Å². The first kappa shape index (κ1) is 16.0. The van der Waals surface area contributed by atoms with Crippen molar-refractivity contribution < 1.29 is 9.53 Å². The zero-order valence-corrected chi connectivity index (χ0v) is 11.3. The molecule has 0 amide bonds. The summed E-state index contributed by atoms with van der Waals surface area (Å²) < 4.78 is 4.59. The van der Waals surface area contributed by atoms with Crippen molar-refractivity contribution in [1.29, 1.82) is 0 Å². The van der Waals surface area contributed by atoms with Gasteiger partial charge < -0.3 is 4.74 Å². The first-order valence-electron chi connectivity index (χ1n) is 6.66. The molecule has 0 heterocycles. The van der Waals surface area contributed by atoms with Gasteiger partial charge in [-0.15, -0.1) is 0 Å². The summed E-state index contributed by atoms with van der Waals surface area (Å²) in [6.07, 6.45) is 17.3. The number of carbonyl (C=O) groups is 1. The molecule has 0 spiro atoms. The Kier molecular flexibility index (Phi) is 12.2. The smallest absolute Gasteiger partial charge is 0.305 e. The minimum Gasteiger partial charge on any atom is -0.469 e. The Labute approximate surface area is 106 Å². The number of unbranched alkanes of at least 4 members (excludes halogenated alkanes) is 6. The van der Waals surface area contributed by atoms with E-state index in [0.29, 0.717) is 6.42 Å². The molecule has 2 heteroatoms. The molecule has 0 aliphatic rings. The molecule has 0 radical (unpaired) electrons. The highest BCUT2D eigenvalue weighted by Gasteiger charge is 1.98. The molecule has 0 aromatic carbocycles. The molecule has 0 saturated heterocycles. The predicted octanol–water partition coefficient (Wildman–Crippen LogP) is 4.41. The Morgan fingerprint density at radius 3 is 2.29 bits per heavy atom. The molecule has 0 aromatic rings. The number of methoxy groups -OCH3 is 1. The highest BCUT2D eigenvalue weighted by atomic mass is 16.5. The Balaban J connectivity index is 3.11. The van der Waals surface area contributed by atoms with E-state index in [1.807, 2.05) is 13.0 Å². The first-order valence-corrected chi connectivity index (χ1v) is 6.66. The van der Waals surface area contributed by atoms with Gasteiger partial charge in [0.25, 0.3) is 0 Å². The zero-order chi connectivity index (χ0) is 12.8. The summed E-state index contributed by atoms with van der Waals surface area (Å²) in [5.41, 5.74) is 0. The lowest BCUT2D eigenvalue weighted by molar-refractivity contribution is -0.140. The summed E-state index contributed by atoms with van der Waals surface area (Å²) >= 11 is 0. The van der Waals surface area contributed by atoms with Gasteiger partial charge in [0.2, 0.25) is 0 Å². The van der Waals surface area contributed by atoms with Crippen LogP contribution in [0.5, 0.6) is 0 Å². The third kappa shape index (κ3) is 12.9. The lowest BCUT2D eigenvalue weighted by atomic mass is 10.1. The molecule has 0 unspecified atom stereocenters. The normalized spacial score (nSPS) is 11.4. The minimum atomic E-state index is -0.0842. The molecule has 0 N–H and O–H groups in total. The molecule has 0 saturated carbocycles. The number of carbonyl (C=O) groups excluding carboxylic acids is 1. The van der Waals surface area contributed by atoms with Crippen LogP contribution in [0.15, 0.2) is 24.3 Å². The molecule has 0 bridgehead atoms. The second-order valence-electron chi connectivity index (χ2n) is 4.19. The number of rotatable bonds is 10. The van der Waals surface area contributed by atoms with Gasteiger partial charge in [-0.25, -0.2) is 0 Å². The molecule has 0 fully saturated rings. The maximum absolute atomic E-state index is 10.8. The molecule has 2 nitrogen and oxygen atoms in total. The number of hydrogen-bond acceptors (Lipinski definition) is 2. The minimum absolute atomic E-state index is 0.0842. The monoisotopic (exact) mass is 238 g/mol. The molecule has 0 rings (SSSR count). The molecule has 0 atom stereocenters. The van der Waals surface area contributed by atoms with Crippen LogP contribution in [0.4, 0.5) is 0 Å². The van der Waals surface area contributed by atoms with Crippen LogP contribution in [0, 0.1) is 0 Å². The van der Waals surface area contributed by atoms with Gasteiger partial charge in [-0.1, -0.05) is 50.0 Å². The van der Waals surface area contributed by atoms with E-state index in [1.54, 1.807) is 0 Å². The van der Waals surface area contributed by atoms with Crippen LogP contribution in [0.25, 0.3) is 0 Å². The molecular weight excluding hydrogens is 212 g/mol. The number of hydrogen-bond donors (Lipinski definition) is 0. The highest BCUT2D eigenvalue weighted by Crippen LogP contribution is 2.09. The van der Waals surface area contributed by atoms with E-state index in [4.69, 9.17) is 0 Å². The van der Waals surface area contributed by atoms with Gasteiger partial charge >= 0.3 is 5.97 Å². The van der Waals surface area contributed by atoms with E-state index in [9.17, 15) is 4.79 Å². The van der Waals surface area contributed by atoms with Crippen LogP contribution in [0.3, 0.4) is 0 Å². The van der Waals surface area contributed by atoms with Crippen LogP contribution < -0.4 is 0 Å². The fraction of sp³-hybridized carbons (Fsp3) is 0.667. The van der Waals surface area contributed by atoms with Crippen molar-refractivity contribution in [3.05, 3.63) is 24.3 Å². The first-order chi connectivity index (χ1) is 8.31. The molecule has 0 aliphatic carbocycles. The van der Waals surface area contributed by atoms with Crippen LogP contribution in [-0.4, -0.2) is 13.1 Å². The summed E-state index contributed by atoms with van der Waals surface area (Å²) in [5.74, 6) is -0.0842. The summed E-state index contributed by atoms with van der Waals surface area (Å²) in [6, 6.07) is 0. The second kappa shape index (κ2) is 13.0. The van der Waals surface area contributed by atoms with E-state index < -0.39 is 0 Å². The van der Waals surface area contributed by atoms with Crippen molar-refractivity contribution in [2.75, 3.05) is 7.11 Å². The van der Waals surface area contributed by atoms with Gasteiger partial charge in [0, 0.05) is 6.42 Å². The quantitative estimate of drug-likeness (QED) is 0.320. The van der Waals surface area contributed by atoms with E-state index in [1.165, 1.54) is 39.2 Å². The third-order valence-electron chi connectivity index (χ3n) is 2.67. The van der Waals surface area contributed by atoms with Crippen molar-refractivity contribution in [2.45, 2.75) is 58.3 Å². The Morgan fingerprint density at radius 2 is 1.65 bits per heavy atom. The van der Waals surface area contributed by atoms with Crippen LogP contribution in [-0.2, 0) is 9.53 Å². The third-order valence-corrected chi connectivity index (χ3v) is 2.67. The lowest BCUT2D eigenvalue weighted by Gasteiger charge is -2.00. The van der Waals surface area contributed by atoms with Crippen molar-refractivity contribution in [1.82, 2.24) is 0 Å². The van der Waals surface area contributed by atoms with E-state index in [2.05, 4.69) is 23.0 Å². The van der Waals surface area contributed by atoms with Gasteiger partial charge in [-0.2, -0.15) is 0 Å². The van der Waals surface area contributed by atoms with Gasteiger partial charge in [0.05, 0.1) is 7.11 Å². The fourth-order valence-corrected chi connectivity index (χ4v) is 1.63. The standard InChI is InChI=1S/C15H26O2/c1-3-4-5-6-7-8-9-10-11-12-13-14-15(16)17-2/h3-6H,7-14H2,1-2H3. The van der Waals surface area contributed by atoms with Crippen molar-refractivity contribution in [2.24, 2.45) is 0 Å². The lowest BCUT2D eigenvalue weighted by Crippen LogP contribution is -1.99. The number of esters is 1. The van der Waals surface area contributed by atoms with Gasteiger partial charge in [-0.3, -0.25) is 4.79 Å². The highest BCUT2D eigenvalue weighted by molar-refractivity contribution is 5.68. The summed E-state index contributed by atoms with van der Waals surface area (Å²) in [4.78, 5) is 10.8. The molecule has 0 aromatic heterocycles.